The normalized spacial score (nSPS) is 52.6. The van der Waals surface area contributed by atoms with Crippen LogP contribution in [0.5, 0.6) is 0 Å². The van der Waals surface area contributed by atoms with E-state index >= 15 is 0 Å². The molecule has 5 rings (SSSR count). The molecule has 1 saturated heterocycles. The molecule has 0 spiro atoms. The Hall–Kier alpha value is -0.710. The summed E-state index contributed by atoms with van der Waals surface area (Å²) in [6.45, 7) is 10.3. The lowest BCUT2D eigenvalue weighted by molar-refractivity contribution is -0.299. The first kappa shape index (κ1) is 19.3. The van der Waals surface area contributed by atoms with Crippen LogP contribution in [-0.4, -0.2) is 35.4 Å². The maximum Gasteiger partial charge on any atom is 0.195 e. The summed E-state index contributed by atoms with van der Waals surface area (Å²) in [5.74, 6) is 1.54. The highest BCUT2D eigenvalue weighted by atomic mass is 16.7. The van der Waals surface area contributed by atoms with Crippen molar-refractivity contribution >= 4 is 5.71 Å². The molecule has 7 atom stereocenters. The van der Waals surface area contributed by atoms with Gasteiger partial charge >= 0.3 is 0 Å². The SMILES string of the molecule is C[C@H]1C[C@@H]2[C@H](CC[C@@]3(C)[C@H]2CC[C@]3(O)C2(C)OCCO2)[C@@]2(C)CCC(=N)C=C12. The van der Waals surface area contributed by atoms with E-state index in [4.69, 9.17) is 14.9 Å². The van der Waals surface area contributed by atoms with Gasteiger partial charge in [-0.25, -0.2) is 0 Å². The molecule has 2 N–H and O–H groups in total. The van der Waals surface area contributed by atoms with Gasteiger partial charge in [0.05, 0.1) is 13.2 Å². The molecule has 0 unspecified atom stereocenters. The van der Waals surface area contributed by atoms with Crippen molar-refractivity contribution < 1.29 is 14.6 Å². The first-order chi connectivity index (χ1) is 13.1. The van der Waals surface area contributed by atoms with Gasteiger partial charge in [-0.3, -0.25) is 0 Å². The van der Waals surface area contributed by atoms with Crippen molar-refractivity contribution in [2.45, 2.75) is 84.0 Å². The van der Waals surface area contributed by atoms with Crippen LogP contribution in [0.2, 0.25) is 0 Å². The van der Waals surface area contributed by atoms with Gasteiger partial charge in [-0.15, -0.1) is 0 Å². The average molecular weight is 388 g/mol. The lowest BCUT2D eigenvalue weighted by Crippen LogP contribution is -2.64. The molecule has 0 radical (unpaired) electrons. The fraction of sp³-hybridized carbons (Fsp3) is 0.875. The summed E-state index contributed by atoms with van der Waals surface area (Å²) in [5, 5.41) is 20.2. The molecule has 0 amide bonds. The van der Waals surface area contributed by atoms with E-state index in [1.54, 1.807) is 0 Å². The van der Waals surface area contributed by atoms with Crippen molar-refractivity contribution in [3.8, 4) is 0 Å². The van der Waals surface area contributed by atoms with Crippen LogP contribution in [0.15, 0.2) is 11.6 Å². The van der Waals surface area contributed by atoms with E-state index in [0.717, 1.165) is 37.8 Å². The smallest absolute Gasteiger partial charge is 0.195 e. The summed E-state index contributed by atoms with van der Waals surface area (Å²) in [6.07, 6.45) is 9.54. The molecule has 0 aromatic carbocycles. The summed E-state index contributed by atoms with van der Waals surface area (Å²) in [4.78, 5) is 0. The van der Waals surface area contributed by atoms with Crippen molar-refractivity contribution in [1.29, 1.82) is 5.41 Å². The maximum absolute atomic E-state index is 12.0. The predicted octanol–water partition coefficient (Wildman–Crippen LogP) is 4.71. The van der Waals surface area contributed by atoms with Crippen LogP contribution < -0.4 is 0 Å². The van der Waals surface area contributed by atoms with Crippen LogP contribution in [0.25, 0.3) is 0 Å². The molecule has 156 valence electrons. The molecule has 5 aliphatic rings. The largest absolute Gasteiger partial charge is 0.384 e. The van der Waals surface area contributed by atoms with Crippen molar-refractivity contribution in [2.75, 3.05) is 13.2 Å². The molecular weight excluding hydrogens is 350 g/mol. The van der Waals surface area contributed by atoms with Crippen LogP contribution in [0.1, 0.15) is 72.6 Å². The molecule has 1 aliphatic heterocycles. The molecule has 0 aromatic rings. The summed E-state index contributed by atoms with van der Waals surface area (Å²) >= 11 is 0. The predicted molar refractivity (Wildman–Crippen MR) is 109 cm³/mol. The van der Waals surface area contributed by atoms with Crippen LogP contribution in [0.3, 0.4) is 0 Å². The van der Waals surface area contributed by atoms with Gasteiger partial charge in [0, 0.05) is 11.1 Å². The van der Waals surface area contributed by atoms with Gasteiger partial charge in [0.1, 0.15) is 5.60 Å². The molecule has 3 saturated carbocycles. The molecule has 4 nitrogen and oxygen atoms in total. The number of nitrogens with one attached hydrogen (secondary N) is 1. The number of hydrogen-bond acceptors (Lipinski definition) is 4. The average Bonchev–Trinajstić information content (AvgIpc) is 3.21. The Morgan fingerprint density at radius 3 is 2.43 bits per heavy atom. The van der Waals surface area contributed by atoms with E-state index < -0.39 is 11.4 Å². The molecule has 1 heterocycles. The summed E-state index contributed by atoms with van der Waals surface area (Å²) in [5.41, 5.74) is 1.54. The Morgan fingerprint density at radius 2 is 1.71 bits per heavy atom. The fourth-order valence-corrected chi connectivity index (χ4v) is 8.53. The van der Waals surface area contributed by atoms with Gasteiger partial charge in [0.25, 0.3) is 0 Å². The molecule has 4 aliphatic carbocycles. The van der Waals surface area contributed by atoms with Gasteiger partial charge in [-0.05, 0) is 87.0 Å². The van der Waals surface area contributed by atoms with E-state index in [9.17, 15) is 5.11 Å². The third-order valence-electron chi connectivity index (χ3n) is 10.1. The Labute approximate surface area is 169 Å². The second kappa shape index (κ2) is 5.92. The second-order valence-electron chi connectivity index (χ2n) is 11.1. The molecule has 4 fully saturated rings. The van der Waals surface area contributed by atoms with Gasteiger partial charge in [0.2, 0.25) is 0 Å². The first-order valence-electron chi connectivity index (χ1n) is 11.4. The maximum atomic E-state index is 12.0. The number of aliphatic hydroxyl groups is 1. The van der Waals surface area contributed by atoms with E-state index in [2.05, 4.69) is 26.8 Å². The highest BCUT2D eigenvalue weighted by Crippen LogP contribution is 2.70. The Kier molecular flexibility index (Phi) is 4.07. The third-order valence-corrected chi connectivity index (χ3v) is 10.1. The number of ether oxygens (including phenoxy) is 2. The quantitative estimate of drug-likeness (QED) is 0.685. The Balaban J connectivity index is 1.52. The van der Waals surface area contributed by atoms with E-state index in [0.29, 0.717) is 36.9 Å². The Bertz CT molecular complexity index is 725. The van der Waals surface area contributed by atoms with Crippen molar-refractivity contribution in [3.63, 3.8) is 0 Å². The molecule has 0 aromatic heterocycles. The van der Waals surface area contributed by atoms with Crippen molar-refractivity contribution in [1.82, 2.24) is 0 Å². The van der Waals surface area contributed by atoms with Crippen molar-refractivity contribution in [2.24, 2.45) is 34.5 Å². The van der Waals surface area contributed by atoms with E-state index in [1.165, 1.54) is 18.4 Å². The van der Waals surface area contributed by atoms with Crippen LogP contribution >= 0.6 is 0 Å². The summed E-state index contributed by atoms with van der Waals surface area (Å²) in [6, 6.07) is 0. The fourth-order valence-electron chi connectivity index (χ4n) is 8.53. The van der Waals surface area contributed by atoms with Gasteiger partial charge in [-0.1, -0.05) is 26.3 Å². The second-order valence-corrected chi connectivity index (χ2v) is 11.1. The highest BCUT2D eigenvalue weighted by Gasteiger charge is 2.70. The molecule has 4 heteroatoms. The highest BCUT2D eigenvalue weighted by molar-refractivity contribution is 5.94. The van der Waals surface area contributed by atoms with Gasteiger partial charge in [0.15, 0.2) is 5.79 Å². The Morgan fingerprint density at radius 1 is 1.04 bits per heavy atom. The minimum atomic E-state index is -0.902. The zero-order chi connectivity index (χ0) is 19.9. The van der Waals surface area contributed by atoms with E-state index in [1.807, 2.05) is 6.92 Å². The zero-order valence-electron chi connectivity index (χ0n) is 18.0. The number of rotatable bonds is 1. The number of allylic oxidation sites excluding steroid dienone is 2. The van der Waals surface area contributed by atoms with Gasteiger partial charge in [-0.2, -0.15) is 0 Å². The van der Waals surface area contributed by atoms with Gasteiger partial charge < -0.3 is 20.0 Å². The lowest BCUT2D eigenvalue weighted by atomic mass is 9.44. The topological polar surface area (TPSA) is 62.5 Å². The minimum Gasteiger partial charge on any atom is -0.384 e. The third kappa shape index (κ3) is 2.20. The summed E-state index contributed by atoms with van der Waals surface area (Å²) < 4.78 is 12.0. The molecule has 28 heavy (non-hydrogen) atoms. The molecule has 0 bridgehead atoms. The lowest BCUT2D eigenvalue weighted by Gasteiger charge is -2.61. The first-order valence-corrected chi connectivity index (χ1v) is 11.4. The zero-order valence-corrected chi connectivity index (χ0v) is 18.0. The van der Waals surface area contributed by atoms with E-state index in [-0.39, 0.29) is 10.8 Å². The van der Waals surface area contributed by atoms with Crippen LogP contribution in [0, 0.1) is 39.9 Å². The van der Waals surface area contributed by atoms with Crippen LogP contribution in [-0.2, 0) is 9.47 Å². The van der Waals surface area contributed by atoms with Crippen LogP contribution in [0.4, 0.5) is 0 Å². The number of hydrogen-bond donors (Lipinski definition) is 2. The van der Waals surface area contributed by atoms with Crippen molar-refractivity contribution in [3.05, 3.63) is 11.6 Å². The minimum absolute atomic E-state index is 0.147. The number of fused-ring (bicyclic) bond motifs is 5. The monoisotopic (exact) mass is 387 g/mol. The standard InChI is InChI=1S/C24H37NO3/c1-15-13-17-18(21(2)8-5-16(25)14-20(15)21)6-9-22(3)19(17)7-10-24(22,26)23(4)27-11-12-28-23/h14-15,17-19,25-26H,5-13H2,1-4H3/t15-,17+,18-,19-,21+,22-,24+/m0/s1. The summed E-state index contributed by atoms with van der Waals surface area (Å²) in [7, 11) is 0. The molecular formula is C24H37NO3.